The first kappa shape index (κ1) is 19.5. The van der Waals surface area contributed by atoms with E-state index in [1.165, 1.54) is 0 Å². The second-order valence-corrected chi connectivity index (χ2v) is 10.4. The molecule has 0 aliphatic carbocycles. The summed E-state index contributed by atoms with van der Waals surface area (Å²) in [7, 11) is -3.50. The smallest absolute Gasteiger partial charge is 0.262 e. The van der Waals surface area contributed by atoms with E-state index in [0.717, 1.165) is 0 Å². The Hall–Kier alpha value is -1.28. The van der Waals surface area contributed by atoms with Gasteiger partial charge in [-0.3, -0.25) is 4.57 Å². The third kappa shape index (κ3) is 4.34. The zero-order valence-electron chi connectivity index (χ0n) is 13.6. The monoisotopic (exact) mass is 424 g/mol. The summed E-state index contributed by atoms with van der Waals surface area (Å²) in [6.45, 7) is 0. The van der Waals surface area contributed by atoms with E-state index in [1.54, 1.807) is 60.7 Å². The fourth-order valence-corrected chi connectivity index (χ4v) is 5.55. The minimum Gasteiger partial charge on any atom is -0.309 e. The maximum atomic E-state index is 14.0. The Balaban J connectivity index is 2.12. The van der Waals surface area contributed by atoms with Crippen molar-refractivity contribution in [3.63, 3.8) is 0 Å². The summed E-state index contributed by atoms with van der Waals surface area (Å²) in [5, 5.41) is 1.09. The van der Waals surface area contributed by atoms with Crippen LogP contribution in [0.2, 0.25) is 0 Å². The molecule has 0 saturated carbocycles. The van der Waals surface area contributed by atoms with Gasteiger partial charge >= 0.3 is 0 Å². The van der Waals surface area contributed by atoms with Gasteiger partial charge < -0.3 is 4.52 Å². The summed E-state index contributed by atoms with van der Waals surface area (Å²) in [6.07, 6.45) is -1.00. The molecule has 3 aromatic carbocycles. The average molecular weight is 426 g/mol. The Kier molecular flexibility index (Phi) is 6.12. The van der Waals surface area contributed by atoms with Crippen LogP contribution >= 0.6 is 42.2 Å². The molecule has 0 amide bonds. The van der Waals surface area contributed by atoms with Crippen LogP contribution in [-0.4, -0.2) is 3.79 Å². The first-order valence-corrected chi connectivity index (χ1v) is 10.7. The van der Waals surface area contributed by atoms with Crippen LogP contribution < -0.4 is 10.6 Å². The average Bonchev–Trinajstić information content (AvgIpc) is 2.67. The lowest BCUT2D eigenvalue weighted by Crippen LogP contribution is -2.26. The molecule has 0 fully saturated rings. The summed E-state index contributed by atoms with van der Waals surface area (Å²) in [4.78, 5) is 0. The highest BCUT2D eigenvalue weighted by Crippen LogP contribution is 2.54. The van der Waals surface area contributed by atoms with E-state index in [9.17, 15) is 4.57 Å². The number of benzene rings is 3. The molecule has 1 atom stereocenters. The third-order valence-electron chi connectivity index (χ3n) is 3.85. The van der Waals surface area contributed by atoms with Gasteiger partial charge in [0.25, 0.3) is 7.37 Å². The fourth-order valence-electron chi connectivity index (χ4n) is 2.61. The molecule has 6 heteroatoms. The minimum atomic E-state index is -3.50. The summed E-state index contributed by atoms with van der Waals surface area (Å²) < 4.78 is 18.4. The van der Waals surface area contributed by atoms with Gasteiger partial charge in [-0.25, -0.2) is 0 Å². The lowest BCUT2D eigenvalue weighted by Gasteiger charge is -2.30. The van der Waals surface area contributed by atoms with E-state index in [1.807, 2.05) is 30.3 Å². The molecule has 0 unspecified atom stereocenters. The van der Waals surface area contributed by atoms with Crippen LogP contribution in [0.1, 0.15) is 11.7 Å². The summed E-state index contributed by atoms with van der Waals surface area (Å²) in [5.41, 5.74) is 0.639. The molecule has 3 aromatic rings. The molecule has 0 heterocycles. The van der Waals surface area contributed by atoms with E-state index in [0.29, 0.717) is 16.2 Å². The Bertz CT molecular complexity index is 838. The van der Waals surface area contributed by atoms with Crippen LogP contribution in [0.3, 0.4) is 0 Å². The summed E-state index contributed by atoms with van der Waals surface area (Å²) in [6, 6.07) is 27.0. The number of alkyl halides is 3. The van der Waals surface area contributed by atoms with Crippen molar-refractivity contribution in [2.24, 2.45) is 0 Å². The Labute approximate surface area is 168 Å². The van der Waals surface area contributed by atoms with Crippen LogP contribution in [0, 0.1) is 0 Å². The van der Waals surface area contributed by atoms with Crippen molar-refractivity contribution in [3.05, 3.63) is 96.6 Å². The van der Waals surface area contributed by atoms with Crippen molar-refractivity contribution >= 4 is 52.8 Å². The van der Waals surface area contributed by atoms with Crippen molar-refractivity contribution in [2.45, 2.75) is 9.90 Å². The lowest BCUT2D eigenvalue weighted by atomic mass is 10.1. The molecule has 0 aliphatic rings. The molecule has 2 nitrogen and oxygen atoms in total. The Morgan fingerprint density at radius 3 is 1.46 bits per heavy atom. The van der Waals surface area contributed by atoms with E-state index in [2.05, 4.69) is 0 Å². The molecule has 0 aliphatic heterocycles. The Morgan fingerprint density at radius 1 is 0.692 bits per heavy atom. The molecule has 0 spiro atoms. The van der Waals surface area contributed by atoms with Gasteiger partial charge in [0.05, 0.1) is 0 Å². The number of halogens is 3. The maximum Gasteiger partial charge on any atom is 0.262 e. The van der Waals surface area contributed by atoms with Crippen LogP contribution in [0.5, 0.6) is 0 Å². The van der Waals surface area contributed by atoms with Crippen molar-refractivity contribution in [3.8, 4) is 0 Å². The van der Waals surface area contributed by atoms with Crippen LogP contribution in [0.15, 0.2) is 91.0 Å². The summed E-state index contributed by atoms with van der Waals surface area (Å²) >= 11 is 18.6. The molecular weight excluding hydrogens is 410 g/mol. The van der Waals surface area contributed by atoms with Gasteiger partial charge in [-0.1, -0.05) is 102 Å². The second-order valence-electron chi connectivity index (χ2n) is 5.66. The van der Waals surface area contributed by atoms with Gasteiger partial charge in [-0.15, -0.1) is 0 Å². The topological polar surface area (TPSA) is 26.3 Å². The number of hydrogen-bond donors (Lipinski definition) is 0. The maximum absolute atomic E-state index is 14.0. The van der Waals surface area contributed by atoms with E-state index in [-0.39, 0.29) is 0 Å². The number of hydrogen-bond acceptors (Lipinski definition) is 2. The highest BCUT2D eigenvalue weighted by atomic mass is 35.6. The van der Waals surface area contributed by atoms with E-state index < -0.39 is 17.3 Å². The second kappa shape index (κ2) is 8.17. The largest absolute Gasteiger partial charge is 0.309 e. The van der Waals surface area contributed by atoms with Crippen LogP contribution in [0.4, 0.5) is 0 Å². The first-order chi connectivity index (χ1) is 12.4. The highest BCUT2D eigenvalue weighted by molar-refractivity contribution is 7.74. The molecule has 134 valence electrons. The molecular formula is C20H16Cl3O2P. The van der Waals surface area contributed by atoms with Crippen molar-refractivity contribution in [1.82, 2.24) is 0 Å². The van der Waals surface area contributed by atoms with Gasteiger partial charge in [0.15, 0.2) is 0 Å². The standard InChI is InChI=1S/C20H16Cl3O2P/c21-20(22,23)19(16-10-4-1-5-11-16)25-26(24,17-12-6-2-7-13-17)18-14-8-3-9-15-18/h1-15,19H/t19-/m0/s1. The van der Waals surface area contributed by atoms with Crippen LogP contribution in [0.25, 0.3) is 0 Å². The first-order valence-electron chi connectivity index (χ1n) is 7.92. The number of rotatable bonds is 5. The molecule has 26 heavy (non-hydrogen) atoms. The van der Waals surface area contributed by atoms with E-state index >= 15 is 0 Å². The quantitative estimate of drug-likeness (QED) is 0.368. The SMILES string of the molecule is O=P(O[C@@H](c1ccccc1)C(Cl)(Cl)Cl)(c1ccccc1)c1ccccc1. The van der Waals surface area contributed by atoms with Gasteiger partial charge in [0.1, 0.15) is 6.10 Å². The zero-order valence-corrected chi connectivity index (χ0v) is 16.8. The molecule has 3 rings (SSSR count). The van der Waals surface area contributed by atoms with Crippen LogP contribution in [-0.2, 0) is 9.09 Å². The van der Waals surface area contributed by atoms with Gasteiger partial charge in [-0.2, -0.15) is 0 Å². The van der Waals surface area contributed by atoms with Gasteiger partial charge in [-0.05, 0) is 29.8 Å². The van der Waals surface area contributed by atoms with Crippen molar-refractivity contribution in [1.29, 1.82) is 0 Å². The zero-order chi connectivity index (χ0) is 18.6. The molecule has 0 bridgehead atoms. The minimum absolute atomic E-state index is 0.543. The molecule has 0 radical (unpaired) electrons. The summed E-state index contributed by atoms with van der Waals surface area (Å²) in [5.74, 6) is 0. The van der Waals surface area contributed by atoms with Gasteiger partial charge in [0, 0.05) is 10.6 Å². The Morgan fingerprint density at radius 2 is 1.08 bits per heavy atom. The predicted molar refractivity (Wildman–Crippen MR) is 110 cm³/mol. The van der Waals surface area contributed by atoms with Crippen molar-refractivity contribution < 1.29 is 9.09 Å². The van der Waals surface area contributed by atoms with Gasteiger partial charge in [0.2, 0.25) is 3.79 Å². The van der Waals surface area contributed by atoms with Crippen molar-refractivity contribution in [2.75, 3.05) is 0 Å². The fraction of sp³-hybridized carbons (Fsp3) is 0.100. The third-order valence-corrected chi connectivity index (χ3v) is 6.90. The molecule has 0 N–H and O–H groups in total. The normalized spacial score (nSPS) is 13.3. The highest BCUT2D eigenvalue weighted by Gasteiger charge is 2.42. The van der Waals surface area contributed by atoms with E-state index in [4.69, 9.17) is 39.3 Å². The molecule has 0 saturated heterocycles. The lowest BCUT2D eigenvalue weighted by molar-refractivity contribution is 0.221. The molecule has 0 aromatic heterocycles. The predicted octanol–water partition coefficient (Wildman–Crippen LogP) is 6.04.